The van der Waals surface area contributed by atoms with Crippen molar-refractivity contribution >= 4 is 22.9 Å². The molecule has 0 bridgehead atoms. The van der Waals surface area contributed by atoms with Crippen molar-refractivity contribution in [3.63, 3.8) is 0 Å². The van der Waals surface area contributed by atoms with Gasteiger partial charge in [-0.1, -0.05) is 6.07 Å². The van der Waals surface area contributed by atoms with E-state index in [-0.39, 0.29) is 11.4 Å². The van der Waals surface area contributed by atoms with E-state index in [2.05, 4.69) is 4.90 Å². The van der Waals surface area contributed by atoms with E-state index in [1.165, 1.54) is 24.3 Å². The molecule has 2 aromatic carbocycles. The molecule has 0 amide bonds. The van der Waals surface area contributed by atoms with Crippen molar-refractivity contribution in [2.45, 2.75) is 26.2 Å². The Morgan fingerprint density at radius 2 is 1.52 bits per heavy atom. The van der Waals surface area contributed by atoms with Gasteiger partial charge in [-0.25, -0.2) is 4.99 Å². The zero-order valence-corrected chi connectivity index (χ0v) is 15.0. The molecule has 8 nitrogen and oxygen atoms in total. The van der Waals surface area contributed by atoms with E-state index >= 15 is 0 Å². The molecule has 1 saturated heterocycles. The predicted octanol–water partition coefficient (Wildman–Crippen LogP) is 4.38. The van der Waals surface area contributed by atoms with E-state index < -0.39 is 9.85 Å². The van der Waals surface area contributed by atoms with Gasteiger partial charge >= 0.3 is 0 Å². The quantitative estimate of drug-likeness (QED) is 0.345. The third kappa shape index (κ3) is 4.28. The van der Waals surface area contributed by atoms with Gasteiger partial charge in [-0.3, -0.25) is 20.2 Å². The second-order valence-electron chi connectivity index (χ2n) is 6.52. The highest BCUT2D eigenvalue weighted by Crippen LogP contribution is 2.27. The second-order valence-corrected chi connectivity index (χ2v) is 6.52. The highest BCUT2D eigenvalue weighted by atomic mass is 16.6. The molecule has 3 rings (SSSR count). The first kappa shape index (κ1) is 18.5. The van der Waals surface area contributed by atoms with E-state index in [9.17, 15) is 20.2 Å². The average Bonchev–Trinajstić information content (AvgIpc) is 2.68. The highest BCUT2D eigenvalue weighted by molar-refractivity contribution is 6.00. The third-order valence-corrected chi connectivity index (χ3v) is 4.62. The van der Waals surface area contributed by atoms with Gasteiger partial charge in [0, 0.05) is 42.9 Å². The minimum Gasteiger partial charge on any atom is -0.356 e. The molecule has 8 heteroatoms. The lowest BCUT2D eigenvalue weighted by atomic mass is 10.1. The predicted molar refractivity (Wildman–Crippen MR) is 103 cm³/mol. The van der Waals surface area contributed by atoms with Crippen molar-refractivity contribution in [1.29, 1.82) is 0 Å². The molecule has 0 atom stereocenters. The molecule has 27 heavy (non-hydrogen) atoms. The van der Waals surface area contributed by atoms with Crippen LogP contribution in [0, 0.1) is 27.2 Å². The van der Waals surface area contributed by atoms with Crippen LogP contribution in [0.25, 0.3) is 0 Å². The van der Waals surface area contributed by atoms with Gasteiger partial charge in [0.25, 0.3) is 11.4 Å². The Balaban J connectivity index is 2.06. The summed E-state index contributed by atoms with van der Waals surface area (Å²) in [6, 6.07) is 10.9. The van der Waals surface area contributed by atoms with Crippen molar-refractivity contribution in [1.82, 2.24) is 4.90 Å². The number of aliphatic imine (C=N–C) groups is 1. The van der Waals surface area contributed by atoms with E-state index in [1.54, 1.807) is 18.2 Å². The number of piperidine rings is 1. The number of aryl methyl sites for hydroxylation is 1. The van der Waals surface area contributed by atoms with Crippen molar-refractivity contribution in [3.05, 3.63) is 73.8 Å². The first-order chi connectivity index (χ1) is 13.0. The zero-order chi connectivity index (χ0) is 19.4. The number of nitro benzene ring substituents is 2. The molecule has 0 aliphatic carbocycles. The van der Waals surface area contributed by atoms with Gasteiger partial charge in [-0.05, 0) is 43.9 Å². The van der Waals surface area contributed by atoms with E-state index in [4.69, 9.17) is 4.99 Å². The molecule has 140 valence electrons. The largest absolute Gasteiger partial charge is 0.356 e. The Morgan fingerprint density at radius 3 is 2.11 bits per heavy atom. The number of hydrogen-bond acceptors (Lipinski definition) is 5. The number of likely N-dealkylation sites (tertiary alicyclic amines) is 1. The molecule has 2 aromatic rings. The minimum atomic E-state index is -0.440. The van der Waals surface area contributed by atoms with Crippen LogP contribution in [0.15, 0.2) is 47.5 Å². The monoisotopic (exact) mass is 368 g/mol. The fraction of sp³-hybridized carbons (Fsp3) is 0.316. The average molecular weight is 368 g/mol. The van der Waals surface area contributed by atoms with Gasteiger partial charge in [-0.15, -0.1) is 0 Å². The Bertz CT molecular complexity index is 887. The summed E-state index contributed by atoms with van der Waals surface area (Å²) in [6.45, 7) is 3.53. The molecule has 1 aliphatic heterocycles. The molecule has 0 N–H and O–H groups in total. The van der Waals surface area contributed by atoms with Crippen LogP contribution in [0.2, 0.25) is 0 Å². The Morgan fingerprint density at radius 1 is 0.926 bits per heavy atom. The molecule has 0 unspecified atom stereocenters. The summed E-state index contributed by atoms with van der Waals surface area (Å²) in [6.07, 6.45) is 3.24. The standard InChI is InChI=1S/C19H20N4O4/c1-14-5-8-17(23(26)27)13-18(14)20-19(21-11-3-2-4-12-21)15-6-9-16(10-7-15)22(24)25/h5-10,13H,2-4,11-12H2,1H3. The van der Waals surface area contributed by atoms with Crippen LogP contribution in [0.3, 0.4) is 0 Å². The van der Waals surface area contributed by atoms with Crippen molar-refractivity contribution in [3.8, 4) is 0 Å². The van der Waals surface area contributed by atoms with E-state index in [1.807, 2.05) is 6.92 Å². The normalized spacial score (nSPS) is 14.9. The molecular weight excluding hydrogens is 348 g/mol. The first-order valence-corrected chi connectivity index (χ1v) is 8.79. The Labute approximate surface area is 156 Å². The molecule has 0 saturated carbocycles. The van der Waals surface area contributed by atoms with E-state index in [0.717, 1.165) is 43.5 Å². The van der Waals surface area contributed by atoms with E-state index in [0.29, 0.717) is 11.5 Å². The maximum atomic E-state index is 11.1. The molecule has 1 fully saturated rings. The summed E-state index contributed by atoms with van der Waals surface area (Å²) in [5.41, 5.74) is 2.12. The van der Waals surface area contributed by atoms with Crippen LogP contribution < -0.4 is 0 Å². The summed E-state index contributed by atoms with van der Waals surface area (Å²) in [4.78, 5) is 28.0. The number of nitro groups is 2. The van der Waals surface area contributed by atoms with Gasteiger partial charge in [-0.2, -0.15) is 0 Å². The number of non-ortho nitro benzene ring substituents is 2. The second kappa shape index (κ2) is 7.94. The van der Waals surface area contributed by atoms with Crippen molar-refractivity contribution in [2.75, 3.05) is 13.1 Å². The van der Waals surface area contributed by atoms with Gasteiger partial charge in [0.15, 0.2) is 0 Å². The summed E-state index contributed by atoms with van der Waals surface area (Å²) in [5.74, 6) is 0.688. The molecular formula is C19H20N4O4. The van der Waals surface area contributed by atoms with Gasteiger partial charge in [0.1, 0.15) is 5.84 Å². The summed E-state index contributed by atoms with van der Waals surface area (Å²) >= 11 is 0. The van der Waals surface area contributed by atoms with Crippen LogP contribution in [0.1, 0.15) is 30.4 Å². The van der Waals surface area contributed by atoms with Crippen LogP contribution in [0.4, 0.5) is 17.1 Å². The number of nitrogens with zero attached hydrogens (tertiary/aromatic N) is 4. The summed E-state index contributed by atoms with van der Waals surface area (Å²) in [7, 11) is 0. The first-order valence-electron chi connectivity index (χ1n) is 8.79. The number of rotatable bonds is 4. The van der Waals surface area contributed by atoms with Gasteiger partial charge < -0.3 is 4.90 Å². The molecule has 0 spiro atoms. The molecule has 1 aliphatic rings. The smallest absolute Gasteiger partial charge is 0.271 e. The molecule has 0 aromatic heterocycles. The van der Waals surface area contributed by atoms with Crippen molar-refractivity contribution < 1.29 is 9.85 Å². The topological polar surface area (TPSA) is 102 Å². The lowest BCUT2D eigenvalue weighted by Gasteiger charge is -2.30. The maximum absolute atomic E-state index is 11.1. The molecule has 0 radical (unpaired) electrons. The lowest BCUT2D eigenvalue weighted by Crippen LogP contribution is -2.36. The van der Waals surface area contributed by atoms with Crippen LogP contribution >= 0.6 is 0 Å². The highest BCUT2D eigenvalue weighted by Gasteiger charge is 2.19. The summed E-state index contributed by atoms with van der Waals surface area (Å²) in [5, 5.41) is 22.0. The lowest BCUT2D eigenvalue weighted by molar-refractivity contribution is -0.385. The third-order valence-electron chi connectivity index (χ3n) is 4.62. The van der Waals surface area contributed by atoms with Crippen LogP contribution in [-0.2, 0) is 0 Å². The Hall–Kier alpha value is -3.29. The number of amidine groups is 1. The zero-order valence-electron chi connectivity index (χ0n) is 15.0. The van der Waals surface area contributed by atoms with Crippen LogP contribution in [0.5, 0.6) is 0 Å². The molecule has 1 heterocycles. The number of hydrogen-bond donors (Lipinski definition) is 0. The fourth-order valence-electron chi connectivity index (χ4n) is 3.10. The SMILES string of the molecule is Cc1ccc([N+](=O)[O-])cc1N=C(c1ccc([N+](=O)[O-])cc1)N1CCCCC1. The van der Waals surface area contributed by atoms with Gasteiger partial charge in [0.2, 0.25) is 0 Å². The Kier molecular flexibility index (Phi) is 5.44. The van der Waals surface area contributed by atoms with Gasteiger partial charge in [0.05, 0.1) is 15.5 Å². The summed E-state index contributed by atoms with van der Waals surface area (Å²) < 4.78 is 0. The van der Waals surface area contributed by atoms with Crippen LogP contribution in [-0.4, -0.2) is 33.7 Å². The number of benzene rings is 2. The maximum Gasteiger partial charge on any atom is 0.271 e. The minimum absolute atomic E-state index is 0.0129. The van der Waals surface area contributed by atoms with Crippen molar-refractivity contribution in [2.24, 2.45) is 4.99 Å². The fourth-order valence-corrected chi connectivity index (χ4v) is 3.10.